The number of aromatic nitrogens is 2. The lowest BCUT2D eigenvalue weighted by atomic mass is 10.1. The van der Waals surface area contributed by atoms with Crippen molar-refractivity contribution in [1.29, 1.82) is 0 Å². The van der Waals surface area contributed by atoms with E-state index in [1.54, 1.807) is 4.90 Å². The molecule has 2 aromatic heterocycles. The first kappa shape index (κ1) is 33.0. The normalized spacial score (nSPS) is 14.3. The number of carbonyl (C=O) groups excluding carboxylic acids is 1. The van der Waals surface area contributed by atoms with Gasteiger partial charge in [0.15, 0.2) is 0 Å². The number of unbranched alkanes of at least 4 members (excludes halogenated alkanes) is 1. The molecule has 1 unspecified atom stereocenters. The molecule has 0 fully saturated rings. The Balaban J connectivity index is 1.57. The standard InChI is InChI=1S/C27H33F6N5O4/c28-26(29,30)17-42-16-15-38(13-2-1-6-19-9-8-18-5-3-12-35-23(18)36-19)14-10-21(25(40)41)37-24(39)22-20(27(31,32)33)7-4-11-34-22/h4,7-9,11,21H,1-3,5-6,10,12-17H2,(H,35,36)(H,37,39)(H,40,41). The number of rotatable bonds is 15. The van der Waals surface area contributed by atoms with Gasteiger partial charge in [0.25, 0.3) is 5.91 Å². The topological polar surface area (TPSA) is 117 Å². The van der Waals surface area contributed by atoms with E-state index in [4.69, 9.17) is 4.74 Å². The molecule has 0 radical (unpaired) electrons. The molecule has 0 saturated heterocycles. The molecule has 1 aliphatic rings. The lowest BCUT2D eigenvalue weighted by molar-refractivity contribution is -0.174. The number of hydrogen-bond donors (Lipinski definition) is 3. The molecule has 0 aliphatic carbocycles. The number of anilines is 1. The Morgan fingerprint density at radius 1 is 1.10 bits per heavy atom. The third-order valence-electron chi connectivity index (χ3n) is 6.59. The maximum atomic E-state index is 13.3. The van der Waals surface area contributed by atoms with Crippen LogP contribution in [0.15, 0.2) is 30.5 Å². The van der Waals surface area contributed by atoms with Gasteiger partial charge >= 0.3 is 18.3 Å². The number of halogens is 6. The number of carbonyl (C=O) groups is 2. The fourth-order valence-corrected chi connectivity index (χ4v) is 4.48. The fraction of sp³-hybridized carbons (Fsp3) is 0.556. The van der Waals surface area contributed by atoms with Crippen molar-refractivity contribution in [3.05, 3.63) is 53.0 Å². The molecule has 0 aromatic carbocycles. The monoisotopic (exact) mass is 605 g/mol. The Morgan fingerprint density at radius 2 is 1.88 bits per heavy atom. The first-order valence-corrected chi connectivity index (χ1v) is 13.5. The summed E-state index contributed by atoms with van der Waals surface area (Å²) in [5, 5.41) is 15.0. The number of nitrogens with one attached hydrogen (secondary N) is 2. The summed E-state index contributed by atoms with van der Waals surface area (Å²) in [7, 11) is 0. The van der Waals surface area contributed by atoms with Crippen LogP contribution in [0, 0.1) is 0 Å². The van der Waals surface area contributed by atoms with Crippen molar-refractivity contribution in [2.24, 2.45) is 0 Å². The highest BCUT2D eigenvalue weighted by molar-refractivity contribution is 5.96. The number of hydrogen-bond acceptors (Lipinski definition) is 7. The molecular formula is C27H33F6N5O4. The maximum absolute atomic E-state index is 13.3. The fourth-order valence-electron chi connectivity index (χ4n) is 4.48. The van der Waals surface area contributed by atoms with E-state index in [0.717, 1.165) is 48.7 Å². The second kappa shape index (κ2) is 15.1. The van der Waals surface area contributed by atoms with Gasteiger partial charge in [0.05, 0.1) is 12.2 Å². The molecule has 0 spiro atoms. The van der Waals surface area contributed by atoms with Crippen LogP contribution in [0.3, 0.4) is 0 Å². The highest BCUT2D eigenvalue weighted by atomic mass is 19.4. The molecule has 0 bridgehead atoms. The molecule has 3 N–H and O–H groups in total. The smallest absolute Gasteiger partial charge is 0.418 e. The summed E-state index contributed by atoms with van der Waals surface area (Å²) in [6, 6.07) is 4.10. The summed E-state index contributed by atoms with van der Waals surface area (Å²) in [6.45, 7) is -0.379. The molecular weight excluding hydrogens is 572 g/mol. The third kappa shape index (κ3) is 10.7. The van der Waals surface area contributed by atoms with Gasteiger partial charge in [0, 0.05) is 31.5 Å². The molecule has 9 nitrogen and oxygen atoms in total. The van der Waals surface area contributed by atoms with Crippen LogP contribution in [-0.2, 0) is 28.5 Å². The summed E-state index contributed by atoms with van der Waals surface area (Å²) in [5.74, 6) is -1.91. The quantitative estimate of drug-likeness (QED) is 0.203. The Bertz CT molecular complexity index is 1190. The van der Waals surface area contributed by atoms with Crippen LogP contribution in [0.25, 0.3) is 0 Å². The van der Waals surface area contributed by atoms with Gasteiger partial charge in [-0.05, 0) is 68.8 Å². The van der Waals surface area contributed by atoms with E-state index in [1.165, 1.54) is 0 Å². The Labute approximate surface area is 238 Å². The van der Waals surface area contributed by atoms with Crippen LogP contribution in [0.4, 0.5) is 32.2 Å². The maximum Gasteiger partial charge on any atom is 0.418 e. The molecule has 3 rings (SSSR count). The summed E-state index contributed by atoms with van der Waals surface area (Å²) in [6.07, 6.45) is -4.63. The van der Waals surface area contributed by atoms with Crippen LogP contribution >= 0.6 is 0 Å². The number of nitrogens with zero attached hydrogens (tertiary/aromatic N) is 3. The summed E-state index contributed by atoms with van der Waals surface area (Å²) < 4.78 is 81.9. The van der Waals surface area contributed by atoms with Gasteiger partial charge in [-0.1, -0.05) is 6.07 Å². The Hall–Kier alpha value is -3.46. The van der Waals surface area contributed by atoms with E-state index in [0.29, 0.717) is 31.9 Å². The zero-order valence-corrected chi connectivity index (χ0v) is 22.7. The van der Waals surface area contributed by atoms with Gasteiger partial charge in [0.1, 0.15) is 24.2 Å². The zero-order valence-electron chi connectivity index (χ0n) is 22.7. The molecule has 1 aliphatic heterocycles. The van der Waals surface area contributed by atoms with Crippen molar-refractivity contribution in [1.82, 2.24) is 20.2 Å². The van der Waals surface area contributed by atoms with E-state index in [9.17, 15) is 41.0 Å². The predicted octanol–water partition coefficient (Wildman–Crippen LogP) is 4.33. The zero-order chi connectivity index (χ0) is 30.8. The van der Waals surface area contributed by atoms with Gasteiger partial charge in [-0.3, -0.25) is 9.78 Å². The van der Waals surface area contributed by atoms with E-state index in [2.05, 4.69) is 20.6 Å². The molecule has 42 heavy (non-hydrogen) atoms. The number of pyridine rings is 2. The van der Waals surface area contributed by atoms with Gasteiger partial charge < -0.3 is 25.4 Å². The third-order valence-corrected chi connectivity index (χ3v) is 6.59. The average molecular weight is 606 g/mol. The Morgan fingerprint density at radius 3 is 2.60 bits per heavy atom. The van der Waals surface area contributed by atoms with E-state index >= 15 is 0 Å². The minimum absolute atomic E-state index is 0.0297. The second-order valence-electron chi connectivity index (χ2n) is 9.86. The number of aliphatic carboxylic acids is 1. The molecule has 2 aromatic rings. The molecule has 0 saturated carbocycles. The van der Waals surface area contributed by atoms with E-state index < -0.39 is 48.1 Å². The van der Waals surface area contributed by atoms with Crippen molar-refractivity contribution >= 4 is 17.7 Å². The number of aryl methyl sites for hydroxylation is 2. The molecule has 3 heterocycles. The van der Waals surface area contributed by atoms with E-state index in [-0.39, 0.29) is 26.1 Å². The first-order chi connectivity index (χ1) is 19.8. The van der Waals surface area contributed by atoms with Gasteiger partial charge in [-0.15, -0.1) is 0 Å². The van der Waals surface area contributed by atoms with Crippen LogP contribution in [0.1, 0.15) is 53.0 Å². The summed E-state index contributed by atoms with van der Waals surface area (Å²) in [4.78, 5) is 34.1. The second-order valence-corrected chi connectivity index (χ2v) is 9.86. The van der Waals surface area contributed by atoms with Crippen molar-refractivity contribution in [2.45, 2.75) is 56.9 Å². The number of alkyl halides is 6. The molecule has 232 valence electrons. The number of carboxylic acid groups (broad SMARTS) is 1. The van der Waals surface area contributed by atoms with Crippen molar-refractivity contribution < 1.29 is 45.8 Å². The highest BCUT2D eigenvalue weighted by Gasteiger charge is 2.36. The van der Waals surface area contributed by atoms with Crippen molar-refractivity contribution in [3.63, 3.8) is 0 Å². The minimum atomic E-state index is -4.88. The number of carboxylic acids is 1. The van der Waals surface area contributed by atoms with Crippen molar-refractivity contribution in [3.8, 4) is 0 Å². The van der Waals surface area contributed by atoms with Gasteiger partial charge in [-0.25, -0.2) is 9.78 Å². The SMILES string of the molecule is O=C(NC(CCN(CCCCc1ccc2c(n1)NCCC2)CCOCC(F)(F)F)C(=O)O)c1ncccc1C(F)(F)F. The van der Waals surface area contributed by atoms with Crippen LogP contribution < -0.4 is 10.6 Å². The van der Waals surface area contributed by atoms with Gasteiger partial charge in [0.2, 0.25) is 0 Å². The lowest BCUT2D eigenvalue weighted by Crippen LogP contribution is -2.44. The van der Waals surface area contributed by atoms with Crippen LogP contribution in [0.5, 0.6) is 0 Å². The number of fused-ring (bicyclic) bond motifs is 1. The summed E-state index contributed by atoms with van der Waals surface area (Å²) >= 11 is 0. The molecule has 1 amide bonds. The summed E-state index contributed by atoms with van der Waals surface area (Å²) in [5.41, 5.74) is -0.212. The van der Waals surface area contributed by atoms with Crippen LogP contribution in [-0.4, -0.2) is 83.5 Å². The molecule has 15 heteroatoms. The molecule has 1 atom stereocenters. The first-order valence-electron chi connectivity index (χ1n) is 13.5. The van der Waals surface area contributed by atoms with E-state index in [1.807, 2.05) is 12.1 Å². The Kier molecular flexibility index (Phi) is 11.9. The average Bonchev–Trinajstić information content (AvgIpc) is 2.93. The number of ether oxygens (including phenoxy) is 1. The highest BCUT2D eigenvalue weighted by Crippen LogP contribution is 2.31. The van der Waals surface area contributed by atoms with Crippen molar-refractivity contribution in [2.75, 3.05) is 44.7 Å². The lowest BCUT2D eigenvalue weighted by Gasteiger charge is -2.24. The largest absolute Gasteiger partial charge is 0.480 e. The van der Waals surface area contributed by atoms with Gasteiger partial charge in [-0.2, -0.15) is 26.3 Å². The predicted molar refractivity (Wildman–Crippen MR) is 140 cm³/mol. The van der Waals surface area contributed by atoms with Crippen LogP contribution in [0.2, 0.25) is 0 Å². The number of amides is 1. The minimum Gasteiger partial charge on any atom is -0.480 e.